The number of nitrogens with zero attached hydrogens (tertiary/aromatic N) is 2. The Morgan fingerprint density at radius 3 is 2.72 bits per heavy atom. The molecule has 29 heavy (non-hydrogen) atoms. The molecule has 150 valence electrons. The van der Waals surface area contributed by atoms with Gasteiger partial charge in [0.25, 0.3) is 5.91 Å². The number of thiazole rings is 1. The molecular weight excluding hydrogens is 400 g/mol. The highest BCUT2D eigenvalue weighted by molar-refractivity contribution is 7.13. The number of rotatable bonds is 5. The first kappa shape index (κ1) is 19.4. The Bertz CT molecular complexity index is 1000. The number of hydrogen-bond acceptors (Lipinski definition) is 6. The highest BCUT2D eigenvalue weighted by Gasteiger charge is 2.20. The molecule has 4 rings (SSSR count). The predicted molar refractivity (Wildman–Crippen MR) is 104 cm³/mol. The number of aromatic nitrogens is 2. The SMILES string of the molecule is O=C(Nc1cnccc1OC1CCOCC1)c1csc(-c2c(F)cccc2F)n1. The zero-order chi connectivity index (χ0) is 20.2. The first-order valence-corrected chi connectivity index (χ1v) is 9.89. The van der Waals surface area contributed by atoms with Crippen molar-refractivity contribution in [3.8, 4) is 16.3 Å². The summed E-state index contributed by atoms with van der Waals surface area (Å²) in [5, 5.41) is 4.25. The summed E-state index contributed by atoms with van der Waals surface area (Å²) < 4.78 is 39.2. The van der Waals surface area contributed by atoms with Gasteiger partial charge in [0.05, 0.1) is 25.0 Å². The summed E-state index contributed by atoms with van der Waals surface area (Å²) >= 11 is 0.990. The standard InChI is InChI=1S/C20H17F2N3O3S/c21-13-2-1-3-14(22)18(13)20-25-16(11-29-20)19(26)24-15-10-23-7-4-17(15)28-12-5-8-27-9-6-12/h1-4,7,10-12H,5-6,8-9H2,(H,24,26). The lowest BCUT2D eigenvalue weighted by Crippen LogP contribution is -2.26. The Morgan fingerprint density at radius 2 is 1.97 bits per heavy atom. The van der Waals surface area contributed by atoms with Crippen LogP contribution in [0.5, 0.6) is 5.75 Å². The number of amides is 1. The van der Waals surface area contributed by atoms with Crippen molar-refractivity contribution in [3.63, 3.8) is 0 Å². The molecule has 0 saturated carbocycles. The third kappa shape index (κ3) is 4.41. The maximum Gasteiger partial charge on any atom is 0.275 e. The van der Waals surface area contributed by atoms with Crippen molar-refractivity contribution in [1.82, 2.24) is 9.97 Å². The molecular formula is C20H17F2N3O3S. The highest BCUT2D eigenvalue weighted by atomic mass is 32.1. The first-order chi connectivity index (χ1) is 14.1. The Labute approximate surface area is 169 Å². The number of anilines is 1. The zero-order valence-electron chi connectivity index (χ0n) is 15.2. The van der Waals surface area contributed by atoms with Crippen molar-refractivity contribution in [3.05, 3.63) is 59.4 Å². The van der Waals surface area contributed by atoms with Crippen LogP contribution in [-0.4, -0.2) is 35.2 Å². The van der Waals surface area contributed by atoms with Gasteiger partial charge in [0.1, 0.15) is 39.9 Å². The van der Waals surface area contributed by atoms with Crippen molar-refractivity contribution in [2.24, 2.45) is 0 Å². The number of halogens is 2. The fraction of sp³-hybridized carbons (Fsp3) is 0.250. The summed E-state index contributed by atoms with van der Waals surface area (Å²) in [6, 6.07) is 5.24. The minimum atomic E-state index is -0.731. The molecule has 2 aromatic heterocycles. The minimum Gasteiger partial charge on any atom is -0.488 e. The van der Waals surface area contributed by atoms with Crippen LogP contribution >= 0.6 is 11.3 Å². The van der Waals surface area contributed by atoms with E-state index in [0.717, 1.165) is 36.3 Å². The van der Waals surface area contributed by atoms with Crippen molar-refractivity contribution in [2.75, 3.05) is 18.5 Å². The summed E-state index contributed by atoms with van der Waals surface area (Å²) in [4.78, 5) is 20.7. The smallest absolute Gasteiger partial charge is 0.275 e. The van der Waals surface area contributed by atoms with E-state index in [1.54, 1.807) is 12.3 Å². The number of carbonyl (C=O) groups excluding carboxylic acids is 1. The topological polar surface area (TPSA) is 73.3 Å². The number of hydrogen-bond donors (Lipinski definition) is 1. The van der Waals surface area contributed by atoms with E-state index in [9.17, 15) is 13.6 Å². The molecule has 1 saturated heterocycles. The van der Waals surface area contributed by atoms with E-state index in [2.05, 4.69) is 15.3 Å². The Kier molecular flexibility index (Phi) is 5.77. The number of pyridine rings is 1. The normalized spacial score (nSPS) is 14.6. The van der Waals surface area contributed by atoms with E-state index in [4.69, 9.17) is 9.47 Å². The van der Waals surface area contributed by atoms with Crippen molar-refractivity contribution < 1.29 is 23.0 Å². The van der Waals surface area contributed by atoms with E-state index in [0.29, 0.717) is 24.7 Å². The van der Waals surface area contributed by atoms with E-state index < -0.39 is 17.5 Å². The quantitative estimate of drug-likeness (QED) is 0.670. The van der Waals surface area contributed by atoms with Gasteiger partial charge < -0.3 is 14.8 Å². The highest BCUT2D eigenvalue weighted by Crippen LogP contribution is 2.30. The monoisotopic (exact) mass is 417 g/mol. The van der Waals surface area contributed by atoms with Crippen LogP contribution in [0.15, 0.2) is 42.0 Å². The zero-order valence-corrected chi connectivity index (χ0v) is 16.0. The van der Waals surface area contributed by atoms with Crippen LogP contribution in [0.3, 0.4) is 0 Å². The van der Waals surface area contributed by atoms with Gasteiger partial charge in [-0.3, -0.25) is 9.78 Å². The fourth-order valence-corrected chi connectivity index (χ4v) is 3.78. The van der Waals surface area contributed by atoms with E-state index in [1.165, 1.54) is 17.6 Å². The second kappa shape index (κ2) is 8.62. The molecule has 0 radical (unpaired) electrons. The second-order valence-electron chi connectivity index (χ2n) is 6.39. The summed E-state index contributed by atoms with van der Waals surface area (Å²) in [6.07, 6.45) is 4.58. The largest absolute Gasteiger partial charge is 0.488 e. The van der Waals surface area contributed by atoms with E-state index in [1.807, 2.05) is 0 Å². The van der Waals surface area contributed by atoms with Crippen LogP contribution < -0.4 is 10.1 Å². The van der Waals surface area contributed by atoms with Gasteiger partial charge in [-0.15, -0.1) is 11.3 Å². The van der Waals surface area contributed by atoms with Crippen LogP contribution in [0.4, 0.5) is 14.5 Å². The molecule has 9 heteroatoms. The van der Waals surface area contributed by atoms with E-state index in [-0.39, 0.29) is 22.4 Å². The molecule has 6 nitrogen and oxygen atoms in total. The Morgan fingerprint density at radius 1 is 1.21 bits per heavy atom. The van der Waals surface area contributed by atoms with Gasteiger partial charge in [-0.1, -0.05) is 6.07 Å². The molecule has 1 amide bonds. The average molecular weight is 417 g/mol. The van der Waals surface area contributed by atoms with Gasteiger partial charge in [-0.05, 0) is 12.1 Å². The van der Waals surface area contributed by atoms with Gasteiger partial charge in [0.2, 0.25) is 0 Å². The van der Waals surface area contributed by atoms with Gasteiger partial charge in [0.15, 0.2) is 0 Å². The maximum absolute atomic E-state index is 14.0. The molecule has 1 aliphatic heterocycles. The number of ether oxygens (including phenoxy) is 2. The van der Waals surface area contributed by atoms with Crippen molar-refractivity contribution in [2.45, 2.75) is 18.9 Å². The average Bonchev–Trinajstić information content (AvgIpc) is 3.20. The minimum absolute atomic E-state index is 0.00305. The summed E-state index contributed by atoms with van der Waals surface area (Å²) in [5.41, 5.74) is 0.200. The summed E-state index contributed by atoms with van der Waals surface area (Å²) in [6.45, 7) is 1.26. The molecule has 0 unspecified atom stereocenters. The maximum atomic E-state index is 14.0. The van der Waals surface area contributed by atoms with Crippen LogP contribution in [-0.2, 0) is 4.74 Å². The lowest BCUT2D eigenvalue weighted by Gasteiger charge is -2.24. The van der Waals surface area contributed by atoms with Crippen LogP contribution in [0, 0.1) is 11.6 Å². The molecule has 0 spiro atoms. The molecule has 1 aliphatic rings. The predicted octanol–water partition coefficient (Wildman–Crippen LogP) is 4.29. The molecule has 1 N–H and O–H groups in total. The third-order valence-corrected chi connectivity index (χ3v) is 5.26. The van der Waals surface area contributed by atoms with Crippen LogP contribution in [0.25, 0.3) is 10.6 Å². The van der Waals surface area contributed by atoms with Crippen LogP contribution in [0.2, 0.25) is 0 Å². The van der Waals surface area contributed by atoms with Crippen molar-refractivity contribution in [1.29, 1.82) is 0 Å². The molecule has 0 bridgehead atoms. The second-order valence-corrected chi connectivity index (χ2v) is 7.25. The first-order valence-electron chi connectivity index (χ1n) is 9.01. The number of carbonyl (C=O) groups is 1. The van der Waals surface area contributed by atoms with Gasteiger partial charge in [-0.25, -0.2) is 13.8 Å². The molecule has 1 fully saturated rings. The van der Waals surface area contributed by atoms with Gasteiger partial charge in [0, 0.05) is 30.5 Å². The molecule has 3 aromatic rings. The van der Waals surface area contributed by atoms with Gasteiger partial charge >= 0.3 is 0 Å². The Hall–Kier alpha value is -2.91. The fourth-order valence-electron chi connectivity index (χ4n) is 2.93. The molecule has 1 aromatic carbocycles. The molecule has 0 aliphatic carbocycles. The van der Waals surface area contributed by atoms with E-state index >= 15 is 0 Å². The molecule has 0 atom stereocenters. The lowest BCUT2D eigenvalue weighted by molar-refractivity contribution is 0.0258. The third-order valence-electron chi connectivity index (χ3n) is 4.40. The van der Waals surface area contributed by atoms with Crippen molar-refractivity contribution >= 4 is 22.9 Å². The van der Waals surface area contributed by atoms with Crippen LogP contribution in [0.1, 0.15) is 23.3 Å². The van der Waals surface area contributed by atoms with Gasteiger partial charge in [-0.2, -0.15) is 0 Å². The molecule has 3 heterocycles. The summed E-state index contributed by atoms with van der Waals surface area (Å²) in [5.74, 6) is -1.48. The number of benzene rings is 1. The Balaban J connectivity index is 1.51. The summed E-state index contributed by atoms with van der Waals surface area (Å²) in [7, 11) is 0. The number of nitrogens with one attached hydrogen (secondary N) is 1. The lowest BCUT2D eigenvalue weighted by atomic mass is 10.1.